The zero-order valence-corrected chi connectivity index (χ0v) is 21.2. The van der Waals surface area contributed by atoms with Crippen molar-refractivity contribution in [3.05, 3.63) is 58.6 Å². The molecule has 0 spiro atoms. The SMILES string of the molecule is CC1CCN(c2ccc(NC(=O)c3ccc(Cl)cc3)cc2C(=O)NCCCN2CCOCC2)CC1. The molecule has 188 valence electrons. The Labute approximate surface area is 212 Å². The van der Waals surface area contributed by atoms with Gasteiger partial charge < -0.3 is 20.3 Å². The van der Waals surface area contributed by atoms with E-state index >= 15 is 0 Å². The Hall–Kier alpha value is -2.61. The summed E-state index contributed by atoms with van der Waals surface area (Å²) in [5.74, 6) is 0.350. The molecule has 2 aliphatic rings. The molecule has 4 rings (SSSR count). The molecule has 2 amide bonds. The molecule has 2 aromatic carbocycles. The van der Waals surface area contributed by atoms with Crippen molar-refractivity contribution in [3.8, 4) is 0 Å². The summed E-state index contributed by atoms with van der Waals surface area (Å²) >= 11 is 5.94. The number of morpholine rings is 1. The summed E-state index contributed by atoms with van der Waals surface area (Å²) in [4.78, 5) is 30.6. The summed E-state index contributed by atoms with van der Waals surface area (Å²) in [6.45, 7) is 9.11. The second-order valence-corrected chi connectivity index (χ2v) is 9.86. The molecule has 8 heteroatoms. The van der Waals surface area contributed by atoms with Gasteiger partial charge in [-0.1, -0.05) is 18.5 Å². The molecule has 0 unspecified atom stereocenters. The Kier molecular flexibility index (Phi) is 9.01. The summed E-state index contributed by atoms with van der Waals surface area (Å²) in [5.41, 5.74) is 2.63. The second-order valence-electron chi connectivity index (χ2n) is 9.43. The quantitative estimate of drug-likeness (QED) is 0.531. The van der Waals surface area contributed by atoms with Crippen molar-refractivity contribution in [3.63, 3.8) is 0 Å². The fourth-order valence-corrected chi connectivity index (χ4v) is 4.68. The Morgan fingerprint density at radius 2 is 1.71 bits per heavy atom. The molecule has 2 aliphatic heterocycles. The van der Waals surface area contributed by atoms with Crippen molar-refractivity contribution >= 4 is 34.8 Å². The number of carbonyl (C=O) groups excluding carboxylic acids is 2. The molecule has 2 fully saturated rings. The lowest BCUT2D eigenvalue weighted by Gasteiger charge is -2.33. The summed E-state index contributed by atoms with van der Waals surface area (Å²) in [6, 6.07) is 12.4. The first-order valence-corrected chi connectivity index (χ1v) is 12.9. The zero-order chi connectivity index (χ0) is 24.6. The van der Waals surface area contributed by atoms with Crippen LogP contribution in [0.2, 0.25) is 5.02 Å². The number of hydrogen-bond donors (Lipinski definition) is 2. The van der Waals surface area contributed by atoms with Crippen LogP contribution in [0.5, 0.6) is 0 Å². The van der Waals surface area contributed by atoms with Gasteiger partial charge in [0.05, 0.1) is 18.8 Å². The number of anilines is 2. The molecule has 35 heavy (non-hydrogen) atoms. The number of nitrogens with one attached hydrogen (secondary N) is 2. The number of rotatable bonds is 8. The smallest absolute Gasteiger partial charge is 0.255 e. The first-order valence-electron chi connectivity index (χ1n) is 12.5. The van der Waals surface area contributed by atoms with Crippen LogP contribution in [0, 0.1) is 5.92 Å². The molecule has 0 aromatic heterocycles. The van der Waals surface area contributed by atoms with Gasteiger partial charge in [-0.05, 0) is 74.2 Å². The van der Waals surface area contributed by atoms with Gasteiger partial charge in [0.25, 0.3) is 11.8 Å². The summed E-state index contributed by atoms with van der Waals surface area (Å²) in [6.07, 6.45) is 3.10. The van der Waals surface area contributed by atoms with Crippen molar-refractivity contribution in [2.24, 2.45) is 5.92 Å². The van der Waals surface area contributed by atoms with Crippen molar-refractivity contribution in [1.29, 1.82) is 0 Å². The number of hydrogen-bond acceptors (Lipinski definition) is 5. The lowest BCUT2D eigenvalue weighted by molar-refractivity contribution is 0.0374. The lowest BCUT2D eigenvalue weighted by atomic mass is 9.97. The molecule has 0 radical (unpaired) electrons. The number of piperidine rings is 1. The number of carbonyl (C=O) groups is 2. The van der Waals surface area contributed by atoms with E-state index in [0.717, 1.165) is 70.9 Å². The van der Waals surface area contributed by atoms with Gasteiger partial charge in [0.2, 0.25) is 0 Å². The van der Waals surface area contributed by atoms with Crippen molar-refractivity contribution in [2.75, 3.05) is 62.7 Å². The molecule has 0 saturated carbocycles. The van der Waals surface area contributed by atoms with Crippen LogP contribution in [-0.2, 0) is 4.74 Å². The van der Waals surface area contributed by atoms with Gasteiger partial charge in [0, 0.05) is 54.7 Å². The summed E-state index contributed by atoms with van der Waals surface area (Å²) in [5, 5.41) is 6.59. The van der Waals surface area contributed by atoms with Crippen LogP contribution >= 0.6 is 11.6 Å². The number of amides is 2. The van der Waals surface area contributed by atoms with E-state index in [9.17, 15) is 9.59 Å². The van der Waals surface area contributed by atoms with E-state index in [-0.39, 0.29) is 11.8 Å². The third-order valence-electron chi connectivity index (χ3n) is 6.77. The normalized spacial score (nSPS) is 17.3. The topological polar surface area (TPSA) is 73.9 Å². The summed E-state index contributed by atoms with van der Waals surface area (Å²) < 4.78 is 5.40. The fraction of sp³-hybridized carbons (Fsp3) is 0.481. The third kappa shape index (κ3) is 7.19. The monoisotopic (exact) mass is 498 g/mol. The van der Waals surface area contributed by atoms with Crippen molar-refractivity contribution in [2.45, 2.75) is 26.2 Å². The van der Waals surface area contributed by atoms with E-state index in [1.165, 1.54) is 0 Å². The molecule has 0 bridgehead atoms. The summed E-state index contributed by atoms with van der Waals surface area (Å²) in [7, 11) is 0. The second kappa shape index (κ2) is 12.4. The molecular weight excluding hydrogens is 464 g/mol. The number of nitrogens with zero attached hydrogens (tertiary/aromatic N) is 2. The average molecular weight is 499 g/mol. The highest BCUT2D eigenvalue weighted by Gasteiger charge is 2.22. The van der Waals surface area contributed by atoms with Gasteiger partial charge in [-0.25, -0.2) is 0 Å². The third-order valence-corrected chi connectivity index (χ3v) is 7.02. The first kappa shape index (κ1) is 25.5. The minimum atomic E-state index is -0.238. The maximum absolute atomic E-state index is 13.3. The van der Waals surface area contributed by atoms with E-state index in [1.54, 1.807) is 30.3 Å². The van der Waals surface area contributed by atoms with Crippen LogP contribution in [0.3, 0.4) is 0 Å². The maximum Gasteiger partial charge on any atom is 0.255 e. The Morgan fingerprint density at radius 1 is 1.00 bits per heavy atom. The predicted molar refractivity (Wildman–Crippen MR) is 141 cm³/mol. The lowest BCUT2D eigenvalue weighted by Crippen LogP contribution is -2.38. The van der Waals surface area contributed by atoms with Crippen LogP contribution in [0.1, 0.15) is 46.9 Å². The number of halogens is 1. The molecule has 0 atom stereocenters. The van der Waals surface area contributed by atoms with Crippen LogP contribution in [0.15, 0.2) is 42.5 Å². The van der Waals surface area contributed by atoms with E-state index in [4.69, 9.17) is 16.3 Å². The van der Waals surface area contributed by atoms with Crippen LogP contribution in [-0.4, -0.2) is 69.2 Å². The first-order chi connectivity index (χ1) is 17.0. The minimum absolute atomic E-state index is 0.108. The molecule has 2 aromatic rings. The van der Waals surface area contributed by atoms with E-state index in [0.29, 0.717) is 34.3 Å². The van der Waals surface area contributed by atoms with Gasteiger partial charge in [-0.3, -0.25) is 14.5 Å². The van der Waals surface area contributed by atoms with Gasteiger partial charge in [-0.2, -0.15) is 0 Å². The predicted octanol–water partition coefficient (Wildman–Crippen LogP) is 4.28. The van der Waals surface area contributed by atoms with Crippen molar-refractivity contribution < 1.29 is 14.3 Å². The highest BCUT2D eigenvalue weighted by Crippen LogP contribution is 2.29. The largest absolute Gasteiger partial charge is 0.379 e. The average Bonchev–Trinajstić information content (AvgIpc) is 2.88. The van der Waals surface area contributed by atoms with Gasteiger partial charge in [0.15, 0.2) is 0 Å². The van der Waals surface area contributed by atoms with Crippen LogP contribution in [0.25, 0.3) is 0 Å². The van der Waals surface area contributed by atoms with E-state index in [2.05, 4.69) is 27.4 Å². The number of benzene rings is 2. The Balaban J connectivity index is 1.44. The Bertz CT molecular complexity index is 1000. The molecular formula is C27H35ClN4O3. The Morgan fingerprint density at radius 3 is 2.43 bits per heavy atom. The maximum atomic E-state index is 13.3. The zero-order valence-electron chi connectivity index (χ0n) is 20.4. The standard InChI is InChI=1S/C27H35ClN4O3/c1-20-9-13-32(14-10-20)25-8-7-23(30-26(33)21-3-5-22(28)6-4-21)19-24(25)27(34)29-11-2-12-31-15-17-35-18-16-31/h3-8,19-20H,2,9-18H2,1H3,(H,29,34)(H,30,33). The van der Waals surface area contributed by atoms with Crippen molar-refractivity contribution in [1.82, 2.24) is 10.2 Å². The molecule has 2 heterocycles. The van der Waals surface area contributed by atoms with Gasteiger partial charge >= 0.3 is 0 Å². The van der Waals surface area contributed by atoms with E-state index < -0.39 is 0 Å². The molecule has 2 saturated heterocycles. The number of ether oxygens (including phenoxy) is 1. The van der Waals surface area contributed by atoms with E-state index in [1.807, 2.05) is 12.1 Å². The highest BCUT2D eigenvalue weighted by molar-refractivity contribution is 6.30. The minimum Gasteiger partial charge on any atom is -0.379 e. The van der Waals surface area contributed by atoms with Crippen LogP contribution < -0.4 is 15.5 Å². The van der Waals surface area contributed by atoms with Crippen LogP contribution in [0.4, 0.5) is 11.4 Å². The fourth-order valence-electron chi connectivity index (χ4n) is 4.55. The molecule has 2 N–H and O–H groups in total. The molecule has 0 aliphatic carbocycles. The van der Waals surface area contributed by atoms with Gasteiger partial charge in [-0.15, -0.1) is 0 Å². The van der Waals surface area contributed by atoms with Gasteiger partial charge in [0.1, 0.15) is 0 Å². The highest BCUT2D eigenvalue weighted by atomic mass is 35.5. The molecule has 7 nitrogen and oxygen atoms in total.